The maximum atomic E-state index is 12.0. The lowest BCUT2D eigenvalue weighted by Crippen LogP contribution is -2.43. The van der Waals surface area contributed by atoms with Gasteiger partial charge in [-0.2, -0.15) is 0 Å². The van der Waals surface area contributed by atoms with E-state index in [-0.39, 0.29) is 5.91 Å². The molecule has 0 aromatic heterocycles. The van der Waals surface area contributed by atoms with Gasteiger partial charge in [-0.1, -0.05) is 6.07 Å². The van der Waals surface area contributed by atoms with Crippen molar-refractivity contribution < 1.29 is 9.90 Å². The molecule has 0 spiro atoms. The monoisotopic (exact) mass is 291 g/mol. The summed E-state index contributed by atoms with van der Waals surface area (Å²) in [7, 11) is 0. The highest BCUT2D eigenvalue weighted by Crippen LogP contribution is 2.21. The SMILES string of the molecule is Cc1ccc(N)cc1NC(=O)CCN1CCC(C)(O)CC1. The molecule has 5 nitrogen and oxygen atoms in total. The molecule has 1 heterocycles. The van der Waals surface area contributed by atoms with Crippen molar-refractivity contribution in [2.75, 3.05) is 30.7 Å². The van der Waals surface area contributed by atoms with E-state index in [4.69, 9.17) is 5.73 Å². The van der Waals surface area contributed by atoms with E-state index >= 15 is 0 Å². The summed E-state index contributed by atoms with van der Waals surface area (Å²) in [6.45, 7) is 6.24. The van der Waals surface area contributed by atoms with Gasteiger partial charge in [0.25, 0.3) is 0 Å². The summed E-state index contributed by atoms with van der Waals surface area (Å²) in [6, 6.07) is 5.51. The van der Waals surface area contributed by atoms with Crippen molar-refractivity contribution >= 4 is 17.3 Å². The molecule has 1 aliphatic heterocycles. The summed E-state index contributed by atoms with van der Waals surface area (Å²) < 4.78 is 0. The van der Waals surface area contributed by atoms with Gasteiger partial charge in [0, 0.05) is 37.4 Å². The molecule has 0 unspecified atom stereocenters. The number of carbonyl (C=O) groups excluding carboxylic acids is 1. The van der Waals surface area contributed by atoms with Gasteiger partial charge in [-0.05, 0) is 44.4 Å². The van der Waals surface area contributed by atoms with Gasteiger partial charge in [0.1, 0.15) is 0 Å². The fraction of sp³-hybridized carbons (Fsp3) is 0.562. The Morgan fingerprint density at radius 2 is 2.10 bits per heavy atom. The van der Waals surface area contributed by atoms with Gasteiger partial charge >= 0.3 is 0 Å². The zero-order valence-electron chi connectivity index (χ0n) is 12.9. The predicted molar refractivity (Wildman–Crippen MR) is 85.1 cm³/mol. The van der Waals surface area contributed by atoms with E-state index in [9.17, 15) is 9.90 Å². The summed E-state index contributed by atoms with van der Waals surface area (Å²) in [4.78, 5) is 14.2. The smallest absolute Gasteiger partial charge is 0.225 e. The van der Waals surface area contributed by atoms with Crippen molar-refractivity contribution in [3.05, 3.63) is 23.8 Å². The first-order valence-corrected chi connectivity index (χ1v) is 7.46. The van der Waals surface area contributed by atoms with Gasteiger partial charge < -0.3 is 21.1 Å². The lowest BCUT2D eigenvalue weighted by atomic mass is 9.94. The van der Waals surface area contributed by atoms with Crippen LogP contribution >= 0.6 is 0 Å². The summed E-state index contributed by atoms with van der Waals surface area (Å²) in [5, 5.41) is 12.8. The van der Waals surface area contributed by atoms with Crippen LogP contribution in [0.1, 0.15) is 31.7 Å². The minimum atomic E-state index is -0.544. The molecule has 21 heavy (non-hydrogen) atoms. The molecule has 1 aromatic carbocycles. The second kappa shape index (κ2) is 6.45. The van der Waals surface area contributed by atoms with Crippen molar-refractivity contribution in [1.29, 1.82) is 0 Å². The largest absolute Gasteiger partial charge is 0.399 e. The van der Waals surface area contributed by atoms with Crippen molar-refractivity contribution in [2.24, 2.45) is 0 Å². The van der Waals surface area contributed by atoms with Gasteiger partial charge in [0.05, 0.1) is 5.60 Å². The van der Waals surface area contributed by atoms with Crippen LogP contribution in [-0.2, 0) is 4.79 Å². The van der Waals surface area contributed by atoms with E-state index in [1.807, 2.05) is 26.0 Å². The van der Waals surface area contributed by atoms with E-state index in [0.717, 1.165) is 43.7 Å². The number of nitrogens with zero attached hydrogens (tertiary/aromatic N) is 1. The van der Waals surface area contributed by atoms with Gasteiger partial charge in [0.15, 0.2) is 0 Å². The zero-order valence-corrected chi connectivity index (χ0v) is 12.9. The molecule has 1 amide bonds. The lowest BCUT2D eigenvalue weighted by Gasteiger charge is -2.35. The molecule has 116 valence electrons. The van der Waals surface area contributed by atoms with Gasteiger partial charge in [-0.25, -0.2) is 0 Å². The van der Waals surface area contributed by atoms with Crippen molar-refractivity contribution in [1.82, 2.24) is 4.90 Å². The van der Waals surface area contributed by atoms with Crippen LogP contribution in [0.3, 0.4) is 0 Å². The van der Waals surface area contributed by atoms with Crippen molar-refractivity contribution in [2.45, 2.75) is 38.7 Å². The molecule has 0 aliphatic carbocycles. The highest BCUT2D eigenvalue weighted by atomic mass is 16.3. The molecule has 1 fully saturated rings. The summed E-state index contributed by atoms with van der Waals surface area (Å²) in [5.41, 5.74) is 7.62. The maximum absolute atomic E-state index is 12.0. The minimum Gasteiger partial charge on any atom is -0.399 e. The molecular weight excluding hydrogens is 266 g/mol. The normalized spacial score (nSPS) is 18.4. The lowest BCUT2D eigenvalue weighted by molar-refractivity contribution is -0.116. The Morgan fingerprint density at radius 1 is 1.43 bits per heavy atom. The number of nitrogens with two attached hydrogens (primary N) is 1. The predicted octanol–water partition coefficient (Wildman–Crippen LogP) is 1.75. The Kier molecular flexibility index (Phi) is 4.85. The Balaban J connectivity index is 1.79. The van der Waals surface area contributed by atoms with Gasteiger partial charge in [-0.15, -0.1) is 0 Å². The standard InChI is InChI=1S/C16H25N3O2/c1-12-3-4-13(17)11-14(12)18-15(20)5-8-19-9-6-16(2,21)7-10-19/h3-4,11,21H,5-10,17H2,1-2H3,(H,18,20). The number of amides is 1. The quantitative estimate of drug-likeness (QED) is 0.739. The molecule has 4 N–H and O–H groups in total. The zero-order chi connectivity index (χ0) is 15.5. The fourth-order valence-electron chi connectivity index (χ4n) is 2.51. The minimum absolute atomic E-state index is 0.000957. The average molecular weight is 291 g/mol. The third-order valence-corrected chi connectivity index (χ3v) is 4.12. The highest BCUT2D eigenvalue weighted by molar-refractivity contribution is 5.92. The number of rotatable bonds is 4. The molecule has 0 bridgehead atoms. The van der Waals surface area contributed by atoms with Crippen LogP contribution in [0.5, 0.6) is 0 Å². The first-order valence-electron chi connectivity index (χ1n) is 7.46. The van der Waals surface area contributed by atoms with E-state index in [1.54, 1.807) is 6.07 Å². The maximum Gasteiger partial charge on any atom is 0.225 e. The van der Waals surface area contributed by atoms with Gasteiger partial charge in [0.2, 0.25) is 5.91 Å². The Morgan fingerprint density at radius 3 is 2.76 bits per heavy atom. The number of hydrogen-bond acceptors (Lipinski definition) is 4. The topological polar surface area (TPSA) is 78.6 Å². The average Bonchev–Trinajstić information content (AvgIpc) is 2.42. The van der Waals surface area contributed by atoms with E-state index in [2.05, 4.69) is 10.2 Å². The second-order valence-corrected chi connectivity index (χ2v) is 6.21. The van der Waals surface area contributed by atoms with Crippen molar-refractivity contribution in [3.63, 3.8) is 0 Å². The number of piperidine rings is 1. The molecule has 1 aliphatic rings. The van der Waals surface area contributed by atoms with Gasteiger partial charge in [-0.3, -0.25) is 4.79 Å². The van der Waals surface area contributed by atoms with Crippen LogP contribution in [-0.4, -0.2) is 41.1 Å². The fourth-order valence-corrected chi connectivity index (χ4v) is 2.51. The van der Waals surface area contributed by atoms with Crippen LogP contribution in [0.4, 0.5) is 11.4 Å². The van der Waals surface area contributed by atoms with Crippen LogP contribution in [0, 0.1) is 6.92 Å². The first-order chi connectivity index (χ1) is 9.85. The van der Waals surface area contributed by atoms with Crippen molar-refractivity contribution in [3.8, 4) is 0 Å². The Labute approximate surface area is 126 Å². The summed E-state index contributed by atoms with van der Waals surface area (Å²) in [5.74, 6) is 0.000957. The number of benzene rings is 1. The molecule has 0 radical (unpaired) electrons. The number of likely N-dealkylation sites (tertiary alicyclic amines) is 1. The third kappa shape index (κ3) is 4.72. The Bertz CT molecular complexity index is 504. The number of aryl methyl sites for hydroxylation is 1. The summed E-state index contributed by atoms with van der Waals surface area (Å²) >= 11 is 0. The molecule has 0 saturated carbocycles. The highest BCUT2D eigenvalue weighted by Gasteiger charge is 2.27. The molecule has 5 heteroatoms. The van der Waals surface area contributed by atoms with Crippen LogP contribution < -0.4 is 11.1 Å². The van der Waals surface area contributed by atoms with Crippen LogP contribution in [0.2, 0.25) is 0 Å². The number of nitrogen functional groups attached to an aromatic ring is 1. The first kappa shape index (κ1) is 15.8. The van der Waals surface area contributed by atoms with E-state index in [0.29, 0.717) is 12.1 Å². The van der Waals surface area contributed by atoms with E-state index < -0.39 is 5.60 Å². The molecule has 0 atom stereocenters. The molecule has 1 aromatic rings. The molecule has 1 saturated heterocycles. The number of aliphatic hydroxyl groups is 1. The number of hydrogen-bond donors (Lipinski definition) is 3. The number of nitrogens with one attached hydrogen (secondary N) is 1. The Hall–Kier alpha value is -1.59. The third-order valence-electron chi connectivity index (χ3n) is 4.12. The number of carbonyl (C=O) groups is 1. The van der Waals surface area contributed by atoms with Crippen LogP contribution in [0.25, 0.3) is 0 Å². The molecule has 2 rings (SSSR count). The number of anilines is 2. The summed E-state index contributed by atoms with van der Waals surface area (Å²) in [6.07, 6.45) is 1.99. The van der Waals surface area contributed by atoms with Crippen LogP contribution in [0.15, 0.2) is 18.2 Å². The van der Waals surface area contributed by atoms with E-state index in [1.165, 1.54) is 0 Å². The molecular formula is C16H25N3O2. The second-order valence-electron chi connectivity index (χ2n) is 6.21.